The third-order valence-electron chi connectivity index (χ3n) is 3.65. The van der Waals surface area contributed by atoms with Gasteiger partial charge < -0.3 is 15.4 Å². The highest BCUT2D eigenvalue weighted by Gasteiger charge is 2.22. The number of nitrogens with one attached hydrogen (secondary N) is 2. The molecule has 2 N–H and O–H groups in total. The van der Waals surface area contributed by atoms with Gasteiger partial charge in [0.05, 0.1) is 6.61 Å². The number of carbonyl (C=O) groups excluding carboxylic acids is 2. The molecule has 23 heavy (non-hydrogen) atoms. The lowest BCUT2D eigenvalue weighted by Gasteiger charge is -2.26. The Bertz CT molecular complexity index is 703. The van der Waals surface area contributed by atoms with Crippen LogP contribution < -0.4 is 10.6 Å². The topological polar surface area (TPSA) is 80.3 Å². The van der Waals surface area contributed by atoms with Crippen LogP contribution in [0.2, 0.25) is 0 Å². The normalized spacial score (nSPS) is 16.3. The minimum atomic E-state index is -0.743. The van der Waals surface area contributed by atoms with Crippen LogP contribution in [0.4, 0.5) is 5.82 Å². The summed E-state index contributed by atoms with van der Waals surface area (Å²) in [6.45, 7) is 0.864. The molecule has 1 atom stereocenters. The van der Waals surface area contributed by atoms with E-state index in [1.54, 1.807) is 24.4 Å². The van der Waals surface area contributed by atoms with Gasteiger partial charge >= 0.3 is 11.8 Å². The summed E-state index contributed by atoms with van der Waals surface area (Å²) >= 11 is 0. The number of amides is 2. The number of nitrogens with zero attached hydrogens (tertiary/aromatic N) is 1. The average molecular weight is 311 g/mol. The third kappa shape index (κ3) is 3.73. The molecule has 0 bridgehead atoms. The molecule has 0 aliphatic carbocycles. The molecule has 1 aromatic carbocycles. The van der Waals surface area contributed by atoms with E-state index in [9.17, 15) is 9.59 Å². The summed E-state index contributed by atoms with van der Waals surface area (Å²) in [5, 5.41) is 5.06. The van der Waals surface area contributed by atoms with Gasteiger partial charge in [0.15, 0.2) is 0 Å². The standard InChI is InChI=1S/C17H17N3O3/c21-16(17(22)20-15-7-3-4-9-18-15)19-11-14-13-6-2-1-5-12(13)8-10-23-14/h1-7,9,14H,8,10-11H2,(H,19,21)(H,18,20,22)/t14-/m0/s1. The molecule has 1 aliphatic rings. The van der Waals surface area contributed by atoms with Crippen molar-refractivity contribution >= 4 is 17.6 Å². The zero-order valence-electron chi connectivity index (χ0n) is 12.5. The van der Waals surface area contributed by atoms with Crippen LogP contribution in [0.15, 0.2) is 48.7 Å². The smallest absolute Gasteiger partial charge is 0.314 e. The number of carbonyl (C=O) groups is 2. The van der Waals surface area contributed by atoms with Crippen LogP contribution in [-0.2, 0) is 20.7 Å². The molecule has 0 saturated carbocycles. The molecule has 2 aromatic rings. The maximum absolute atomic E-state index is 11.9. The monoisotopic (exact) mass is 311 g/mol. The summed E-state index contributed by atoms with van der Waals surface area (Å²) < 4.78 is 5.69. The van der Waals surface area contributed by atoms with E-state index in [0.29, 0.717) is 12.4 Å². The average Bonchev–Trinajstić information content (AvgIpc) is 2.60. The fourth-order valence-corrected chi connectivity index (χ4v) is 2.52. The van der Waals surface area contributed by atoms with Crippen molar-refractivity contribution in [2.45, 2.75) is 12.5 Å². The summed E-state index contributed by atoms with van der Waals surface area (Å²) in [7, 11) is 0. The molecule has 0 fully saturated rings. The molecule has 0 spiro atoms. The molecule has 0 radical (unpaired) electrons. The molecule has 6 heteroatoms. The number of hydrogen-bond donors (Lipinski definition) is 2. The molecule has 6 nitrogen and oxygen atoms in total. The van der Waals surface area contributed by atoms with Crippen LogP contribution in [0.3, 0.4) is 0 Å². The summed E-state index contributed by atoms with van der Waals surface area (Å²) in [6.07, 6.45) is 2.17. The second-order valence-corrected chi connectivity index (χ2v) is 5.19. The number of hydrogen-bond acceptors (Lipinski definition) is 4. The second-order valence-electron chi connectivity index (χ2n) is 5.19. The van der Waals surface area contributed by atoms with Crippen molar-refractivity contribution < 1.29 is 14.3 Å². The Morgan fingerprint density at radius 2 is 1.96 bits per heavy atom. The minimum absolute atomic E-state index is 0.230. The van der Waals surface area contributed by atoms with Crippen LogP contribution in [0, 0.1) is 0 Å². The number of pyridine rings is 1. The second kappa shape index (κ2) is 7.02. The predicted octanol–water partition coefficient (Wildman–Crippen LogP) is 1.45. The number of ether oxygens (including phenoxy) is 1. The lowest BCUT2D eigenvalue weighted by atomic mass is 9.97. The molecule has 3 rings (SSSR count). The van der Waals surface area contributed by atoms with E-state index in [2.05, 4.69) is 21.7 Å². The van der Waals surface area contributed by atoms with Crippen molar-refractivity contribution in [3.05, 3.63) is 59.8 Å². The number of anilines is 1. The van der Waals surface area contributed by atoms with Gasteiger partial charge in [-0.15, -0.1) is 0 Å². The highest BCUT2D eigenvalue weighted by molar-refractivity contribution is 6.39. The Labute approximate surface area is 133 Å². The highest BCUT2D eigenvalue weighted by Crippen LogP contribution is 2.26. The number of fused-ring (bicyclic) bond motifs is 1. The third-order valence-corrected chi connectivity index (χ3v) is 3.65. The van der Waals surface area contributed by atoms with Crippen molar-refractivity contribution in [3.63, 3.8) is 0 Å². The van der Waals surface area contributed by atoms with Crippen molar-refractivity contribution in [3.8, 4) is 0 Å². The van der Waals surface area contributed by atoms with E-state index >= 15 is 0 Å². The van der Waals surface area contributed by atoms with E-state index in [1.165, 1.54) is 5.56 Å². The SMILES string of the molecule is O=C(NC[C@@H]1OCCc2ccccc21)C(=O)Nc1ccccn1. The van der Waals surface area contributed by atoms with Crippen LogP contribution in [0.1, 0.15) is 17.2 Å². The maximum Gasteiger partial charge on any atom is 0.314 e. The van der Waals surface area contributed by atoms with Crippen molar-refractivity contribution in [1.82, 2.24) is 10.3 Å². The van der Waals surface area contributed by atoms with Crippen LogP contribution in [0.25, 0.3) is 0 Å². The largest absolute Gasteiger partial charge is 0.371 e. The Morgan fingerprint density at radius 1 is 1.13 bits per heavy atom. The molecule has 1 aromatic heterocycles. The van der Waals surface area contributed by atoms with Crippen LogP contribution >= 0.6 is 0 Å². The van der Waals surface area contributed by atoms with Crippen molar-refractivity contribution in [2.24, 2.45) is 0 Å². The summed E-state index contributed by atoms with van der Waals surface area (Å²) in [6, 6.07) is 13.0. The van der Waals surface area contributed by atoms with E-state index in [1.807, 2.05) is 18.2 Å². The predicted molar refractivity (Wildman–Crippen MR) is 84.7 cm³/mol. The van der Waals surface area contributed by atoms with Gasteiger partial charge in [-0.25, -0.2) is 4.98 Å². The molecule has 0 saturated heterocycles. The first kappa shape index (κ1) is 15.2. The van der Waals surface area contributed by atoms with Gasteiger partial charge in [0.25, 0.3) is 0 Å². The van der Waals surface area contributed by atoms with Crippen molar-refractivity contribution in [1.29, 1.82) is 0 Å². The zero-order valence-corrected chi connectivity index (χ0v) is 12.5. The molecule has 2 heterocycles. The van der Waals surface area contributed by atoms with E-state index < -0.39 is 11.8 Å². The molecular formula is C17H17N3O3. The first-order chi connectivity index (χ1) is 11.2. The summed E-state index contributed by atoms with van der Waals surface area (Å²) in [4.78, 5) is 27.7. The lowest BCUT2D eigenvalue weighted by Crippen LogP contribution is -2.39. The van der Waals surface area contributed by atoms with Gasteiger partial charge in [0.1, 0.15) is 11.9 Å². The first-order valence-corrected chi connectivity index (χ1v) is 7.43. The van der Waals surface area contributed by atoms with Gasteiger partial charge in [-0.05, 0) is 29.7 Å². The van der Waals surface area contributed by atoms with Gasteiger partial charge in [-0.3, -0.25) is 9.59 Å². The van der Waals surface area contributed by atoms with E-state index in [0.717, 1.165) is 12.0 Å². The Morgan fingerprint density at radius 3 is 2.78 bits per heavy atom. The molecule has 0 unspecified atom stereocenters. The zero-order chi connectivity index (χ0) is 16.1. The number of aromatic nitrogens is 1. The van der Waals surface area contributed by atoms with Crippen LogP contribution in [-0.4, -0.2) is 29.9 Å². The maximum atomic E-state index is 11.9. The number of benzene rings is 1. The Kier molecular flexibility index (Phi) is 4.63. The highest BCUT2D eigenvalue weighted by atomic mass is 16.5. The van der Waals surface area contributed by atoms with Crippen LogP contribution in [0.5, 0.6) is 0 Å². The van der Waals surface area contributed by atoms with Gasteiger partial charge in [0, 0.05) is 12.7 Å². The minimum Gasteiger partial charge on any atom is -0.371 e. The Balaban J connectivity index is 1.56. The summed E-state index contributed by atoms with van der Waals surface area (Å²) in [5.41, 5.74) is 2.28. The molecule has 2 amide bonds. The van der Waals surface area contributed by atoms with E-state index in [4.69, 9.17) is 4.74 Å². The number of rotatable bonds is 3. The molecule has 118 valence electrons. The first-order valence-electron chi connectivity index (χ1n) is 7.43. The van der Waals surface area contributed by atoms with Gasteiger partial charge in [0.2, 0.25) is 0 Å². The molecule has 1 aliphatic heterocycles. The Hall–Kier alpha value is -2.73. The van der Waals surface area contributed by atoms with Crippen molar-refractivity contribution in [2.75, 3.05) is 18.5 Å². The lowest BCUT2D eigenvalue weighted by molar-refractivity contribution is -0.136. The van der Waals surface area contributed by atoms with Gasteiger partial charge in [-0.1, -0.05) is 30.3 Å². The van der Waals surface area contributed by atoms with E-state index in [-0.39, 0.29) is 12.6 Å². The summed E-state index contributed by atoms with van der Waals surface area (Å²) in [5.74, 6) is -1.11. The van der Waals surface area contributed by atoms with Gasteiger partial charge in [-0.2, -0.15) is 0 Å². The fraction of sp³-hybridized carbons (Fsp3) is 0.235. The fourth-order valence-electron chi connectivity index (χ4n) is 2.52. The quantitative estimate of drug-likeness (QED) is 0.841. The molecular weight excluding hydrogens is 294 g/mol.